The first-order valence-electron chi connectivity index (χ1n) is 10.4. The molecule has 1 aliphatic heterocycles. The zero-order chi connectivity index (χ0) is 25.0. The molecule has 0 aliphatic carbocycles. The molecule has 2 aromatic carbocycles. The van der Waals surface area contributed by atoms with Gasteiger partial charge in [-0.05, 0) is 30.3 Å². The first kappa shape index (κ1) is 25.3. The normalized spacial score (nSPS) is 14.6. The van der Waals surface area contributed by atoms with Crippen molar-refractivity contribution < 1.29 is 22.7 Å². The molecule has 1 saturated heterocycles. The number of carbonyl (C=O) groups excluding carboxylic acids is 1. The second kappa shape index (κ2) is 10.8. The summed E-state index contributed by atoms with van der Waals surface area (Å²) in [5.74, 6) is 6.64. The van der Waals surface area contributed by atoms with Crippen LogP contribution in [0.25, 0.3) is 11.4 Å². The Labute approximate surface area is 211 Å². The SMILES string of the molecule is COc1ccccc1-c1nnc(SCC(=O)Nc2cc(S(=O)(=O)N3CCOCC3)ccc2Cl)n1N. The van der Waals surface area contributed by atoms with Crippen molar-refractivity contribution in [2.45, 2.75) is 10.1 Å². The lowest BCUT2D eigenvalue weighted by Gasteiger charge is -2.26. The molecule has 35 heavy (non-hydrogen) atoms. The van der Waals surface area contributed by atoms with Gasteiger partial charge in [0.1, 0.15) is 5.75 Å². The smallest absolute Gasteiger partial charge is 0.243 e. The Morgan fingerprint density at radius 1 is 1.23 bits per heavy atom. The van der Waals surface area contributed by atoms with E-state index in [4.69, 9.17) is 26.9 Å². The average Bonchev–Trinajstić information content (AvgIpc) is 3.24. The standard InChI is InChI=1S/C21H23ClN6O5S2/c1-32-18-5-3-2-4-15(18)20-25-26-21(28(20)23)34-13-19(29)24-17-12-14(6-7-16(17)22)35(30,31)27-8-10-33-11-9-27/h2-7,12H,8-11,13,23H2,1H3,(H,24,29). The summed E-state index contributed by atoms with van der Waals surface area (Å²) in [6.45, 7) is 1.19. The molecule has 0 radical (unpaired) electrons. The van der Waals surface area contributed by atoms with Gasteiger partial charge in [-0.15, -0.1) is 10.2 Å². The van der Waals surface area contributed by atoms with Crippen molar-refractivity contribution in [3.8, 4) is 17.1 Å². The van der Waals surface area contributed by atoms with E-state index in [1.54, 1.807) is 19.2 Å². The summed E-state index contributed by atoms with van der Waals surface area (Å²) in [5.41, 5.74) is 0.849. The predicted molar refractivity (Wildman–Crippen MR) is 133 cm³/mol. The number of nitrogens with two attached hydrogens (primary N) is 1. The lowest BCUT2D eigenvalue weighted by Crippen LogP contribution is -2.40. The molecule has 3 aromatic rings. The van der Waals surface area contributed by atoms with Gasteiger partial charge < -0.3 is 20.6 Å². The highest BCUT2D eigenvalue weighted by atomic mass is 35.5. The van der Waals surface area contributed by atoms with E-state index >= 15 is 0 Å². The third-order valence-corrected chi connectivity index (χ3v) is 8.33. The van der Waals surface area contributed by atoms with Crippen LogP contribution in [0.3, 0.4) is 0 Å². The zero-order valence-corrected chi connectivity index (χ0v) is 21.1. The lowest BCUT2D eigenvalue weighted by atomic mass is 10.2. The van der Waals surface area contributed by atoms with Crippen LogP contribution in [0.5, 0.6) is 5.75 Å². The summed E-state index contributed by atoms with van der Waals surface area (Å²) in [7, 11) is -2.19. The molecule has 1 aliphatic rings. The molecule has 0 atom stereocenters. The van der Waals surface area contributed by atoms with E-state index in [0.29, 0.717) is 35.5 Å². The molecule has 14 heteroatoms. The summed E-state index contributed by atoms with van der Waals surface area (Å²) < 4.78 is 39.0. The topological polar surface area (TPSA) is 142 Å². The molecule has 1 fully saturated rings. The van der Waals surface area contributed by atoms with Gasteiger partial charge in [0.2, 0.25) is 21.1 Å². The minimum Gasteiger partial charge on any atom is -0.496 e. The number of para-hydroxylation sites is 1. The first-order chi connectivity index (χ1) is 16.8. The van der Waals surface area contributed by atoms with Crippen molar-refractivity contribution in [1.82, 2.24) is 19.2 Å². The number of benzene rings is 2. The highest BCUT2D eigenvalue weighted by molar-refractivity contribution is 7.99. The molecule has 186 valence electrons. The maximum atomic E-state index is 12.9. The maximum absolute atomic E-state index is 12.9. The lowest BCUT2D eigenvalue weighted by molar-refractivity contribution is -0.113. The third kappa shape index (κ3) is 5.54. The molecule has 0 spiro atoms. The van der Waals surface area contributed by atoms with Crippen molar-refractivity contribution in [1.29, 1.82) is 0 Å². The van der Waals surface area contributed by atoms with E-state index in [1.165, 1.54) is 27.2 Å². The van der Waals surface area contributed by atoms with Crippen molar-refractivity contribution in [2.75, 3.05) is 50.3 Å². The second-order valence-corrected chi connectivity index (χ2v) is 10.7. The third-order valence-electron chi connectivity index (χ3n) is 5.16. The largest absolute Gasteiger partial charge is 0.496 e. The van der Waals surface area contributed by atoms with Crippen LogP contribution in [0.1, 0.15) is 0 Å². The highest BCUT2D eigenvalue weighted by Gasteiger charge is 2.27. The Morgan fingerprint density at radius 3 is 2.71 bits per heavy atom. The van der Waals surface area contributed by atoms with Crippen LogP contribution >= 0.6 is 23.4 Å². The molecule has 2 heterocycles. The minimum atomic E-state index is -3.74. The van der Waals surface area contributed by atoms with Crippen molar-refractivity contribution in [3.63, 3.8) is 0 Å². The highest BCUT2D eigenvalue weighted by Crippen LogP contribution is 2.30. The number of aromatic nitrogens is 3. The van der Waals surface area contributed by atoms with Gasteiger partial charge in [0.15, 0.2) is 5.82 Å². The van der Waals surface area contributed by atoms with Crippen LogP contribution in [0, 0.1) is 0 Å². The summed E-state index contributed by atoms with van der Waals surface area (Å²) in [6.07, 6.45) is 0. The van der Waals surface area contributed by atoms with Crippen LogP contribution in [0.2, 0.25) is 5.02 Å². The maximum Gasteiger partial charge on any atom is 0.243 e. The predicted octanol–water partition coefficient (Wildman–Crippen LogP) is 2.07. The van der Waals surface area contributed by atoms with E-state index in [0.717, 1.165) is 11.8 Å². The van der Waals surface area contributed by atoms with Crippen LogP contribution in [-0.2, 0) is 19.6 Å². The quantitative estimate of drug-likeness (QED) is 0.325. The molecular formula is C21H23ClN6O5S2. The number of ether oxygens (including phenoxy) is 2. The van der Waals surface area contributed by atoms with Crippen LogP contribution < -0.4 is 15.9 Å². The van der Waals surface area contributed by atoms with E-state index in [-0.39, 0.29) is 34.4 Å². The Kier molecular flexibility index (Phi) is 7.82. The molecular weight excluding hydrogens is 516 g/mol. The number of anilines is 1. The number of nitrogen functional groups attached to an aromatic ring is 1. The van der Waals surface area contributed by atoms with Crippen LogP contribution in [0.15, 0.2) is 52.5 Å². The van der Waals surface area contributed by atoms with E-state index in [2.05, 4.69) is 15.5 Å². The fourth-order valence-electron chi connectivity index (χ4n) is 3.40. The van der Waals surface area contributed by atoms with Crippen molar-refractivity contribution in [2.24, 2.45) is 0 Å². The Bertz CT molecular complexity index is 1330. The molecule has 0 saturated carbocycles. The molecule has 0 bridgehead atoms. The number of amides is 1. The number of halogens is 1. The van der Waals surface area contributed by atoms with Crippen molar-refractivity contribution >= 4 is 45.0 Å². The summed E-state index contributed by atoms with van der Waals surface area (Å²) in [4.78, 5) is 12.6. The zero-order valence-electron chi connectivity index (χ0n) is 18.7. The molecule has 11 nitrogen and oxygen atoms in total. The van der Waals surface area contributed by atoms with Crippen molar-refractivity contribution in [3.05, 3.63) is 47.5 Å². The molecule has 1 aromatic heterocycles. The number of carbonyl (C=O) groups is 1. The average molecular weight is 539 g/mol. The number of nitrogens with one attached hydrogen (secondary N) is 1. The number of hydrogen-bond donors (Lipinski definition) is 2. The summed E-state index contributed by atoms with van der Waals surface area (Å²) in [5, 5.41) is 11.3. The Balaban J connectivity index is 1.44. The molecule has 4 rings (SSSR count). The fourth-order valence-corrected chi connectivity index (χ4v) is 5.66. The molecule has 1 amide bonds. The molecule has 3 N–H and O–H groups in total. The number of rotatable bonds is 8. The summed E-state index contributed by atoms with van der Waals surface area (Å²) >= 11 is 7.28. The first-order valence-corrected chi connectivity index (χ1v) is 13.3. The monoisotopic (exact) mass is 538 g/mol. The van der Waals surface area contributed by atoms with Gasteiger partial charge in [-0.1, -0.05) is 35.5 Å². The summed E-state index contributed by atoms with van der Waals surface area (Å²) in [6, 6.07) is 11.4. The van der Waals surface area contributed by atoms with E-state index in [1.807, 2.05) is 12.1 Å². The van der Waals surface area contributed by atoms with Gasteiger partial charge in [-0.3, -0.25) is 4.79 Å². The second-order valence-electron chi connectivity index (χ2n) is 7.37. The number of hydrogen-bond acceptors (Lipinski definition) is 9. The van der Waals surface area contributed by atoms with E-state index in [9.17, 15) is 13.2 Å². The van der Waals surface area contributed by atoms with Gasteiger partial charge >= 0.3 is 0 Å². The van der Waals surface area contributed by atoms with Gasteiger partial charge in [-0.2, -0.15) is 4.31 Å². The number of morpholine rings is 1. The number of nitrogens with zero attached hydrogens (tertiary/aromatic N) is 4. The van der Waals surface area contributed by atoms with Crippen LogP contribution in [0.4, 0.5) is 5.69 Å². The van der Waals surface area contributed by atoms with Crippen LogP contribution in [-0.4, -0.2) is 72.7 Å². The number of thioether (sulfide) groups is 1. The Morgan fingerprint density at radius 2 is 1.97 bits per heavy atom. The molecule has 0 unspecified atom stereocenters. The van der Waals surface area contributed by atoms with Gasteiger partial charge in [0.25, 0.3) is 0 Å². The number of methoxy groups -OCH3 is 1. The fraction of sp³-hybridized carbons (Fsp3) is 0.286. The van der Waals surface area contributed by atoms with E-state index < -0.39 is 15.9 Å². The van der Waals surface area contributed by atoms with Gasteiger partial charge in [-0.25, -0.2) is 13.1 Å². The van der Waals surface area contributed by atoms with Gasteiger partial charge in [0, 0.05) is 13.1 Å². The Hall–Kier alpha value is -2.84. The number of sulfonamides is 1. The van der Waals surface area contributed by atoms with Gasteiger partial charge in [0.05, 0.1) is 47.2 Å². The minimum absolute atomic E-state index is 0.0369.